The minimum Gasteiger partial charge on any atom is -0.478 e. The van der Waals surface area contributed by atoms with Gasteiger partial charge in [0.2, 0.25) is 5.60 Å². The number of carbonyl (C=O) groups excluding carboxylic acids is 1. The molecule has 0 fully saturated rings. The minimum absolute atomic E-state index is 0.171. The van der Waals surface area contributed by atoms with E-state index in [4.69, 9.17) is 4.74 Å². The molecule has 0 heterocycles. The van der Waals surface area contributed by atoms with E-state index in [1.54, 1.807) is 31.2 Å². The second-order valence-corrected chi connectivity index (χ2v) is 6.06. The molecule has 0 saturated carbocycles. The Bertz CT molecular complexity index is 456. The summed E-state index contributed by atoms with van der Waals surface area (Å²) in [7, 11) is 0. The van der Waals surface area contributed by atoms with Gasteiger partial charge in [-0.3, -0.25) is 4.79 Å². The molecule has 1 unspecified atom stereocenters. The molecule has 1 rings (SSSR count). The molecular weight excluding hydrogens is 244 g/mol. The molecular formula is C15H20O4. The van der Waals surface area contributed by atoms with Gasteiger partial charge in [0.05, 0.1) is 0 Å². The normalized spacial score (nSPS) is 14.5. The Morgan fingerprint density at radius 2 is 1.74 bits per heavy atom. The van der Waals surface area contributed by atoms with Crippen LogP contribution >= 0.6 is 0 Å². The predicted octanol–water partition coefficient (Wildman–Crippen LogP) is 3.16. The third kappa shape index (κ3) is 4.39. The fourth-order valence-electron chi connectivity index (χ4n) is 2.04. The van der Waals surface area contributed by atoms with Gasteiger partial charge in [0.1, 0.15) is 12.0 Å². The quantitative estimate of drug-likeness (QED) is 0.830. The maximum Gasteiger partial charge on any atom is 0.347 e. The number of aliphatic carboxylic acids is 1. The standard InChI is InChI=1S/C15H20O4/c1-14(2,3)10-15(4,13(17)18)19-12-7-5-11(9-16)6-8-12/h5-9H,10H2,1-4H3,(H,17,18). The zero-order chi connectivity index (χ0) is 14.7. The number of hydrogen-bond donors (Lipinski definition) is 1. The summed E-state index contributed by atoms with van der Waals surface area (Å²) in [5, 5.41) is 9.38. The average Bonchev–Trinajstić information content (AvgIpc) is 2.27. The zero-order valence-corrected chi connectivity index (χ0v) is 11.8. The lowest BCUT2D eigenvalue weighted by atomic mass is 9.82. The number of hydrogen-bond acceptors (Lipinski definition) is 3. The summed E-state index contributed by atoms with van der Waals surface area (Å²) >= 11 is 0. The van der Waals surface area contributed by atoms with E-state index in [2.05, 4.69) is 0 Å². The Balaban J connectivity index is 2.94. The predicted molar refractivity (Wildman–Crippen MR) is 72.6 cm³/mol. The Morgan fingerprint density at radius 3 is 2.11 bits per heavy atom. The average molecular weight is 264 g/mol. The molecule has 1 N–H and O–H groups in total. The van der Waals surface area contributed by atoms with Gasteiger partial charge in [-0.25, -0.2) is 4.79 Å². The fraction of sp³-hybridized carbons (Fsp3) is 0.467. The number of carbonyl (C=O) groups is 2. The summed E-state index contributed by atoms with van der Waals surface area (Å²) in [5.74, 6) is -0.554. The van der Waals surface area contributed by atoms with Gasteiger partial charge in [0.25, 0.3) is 0 Å². The third-order valence-electron chi connectivity index (χ3n) is 2.68. The largest absolute Gasteiger partial charge is 0.478 e. The maximum absolute atomic E-state index is 11.4. The van der Waals surface area contributed by atoms with Crippen LogP contribution in [0.15, 0.2) is 24.3 Å². The van der Waals surface area contributed by atoms with Crippen molar-refractivity contribution in [2.75, 3.05) is 0 Å². The number of ether oxygens (including phenoxy) is 1. The number of benzene rings is 1. The molecule has 19 heavy (non-hydrogen) atoms. The van der Waals surface area contributed by atoms with Crippen LogP contribution in [0.3, 0.4) is 0 Å². The SMILES string of the molecule is CC(C)(C)CC(C)(Oc1ccc(C=O)cc1)C(=O)O. The minimum atomic E-state index is -1.29. The number of aldehydes is 1. The van der Waals surface area contributed by atoms with E-state index in [0.717, 1.165) is 6.29 Å². The first kappa shape index (κ1) is 15.2. The Kier molecular flexibility index (Phi) is 4.35. The van der Waals surface area contributed by atoms with Gasteiger partial charge in [-0.15, -0.1) is 0 Å². The molecule has 0 aliphatic carbocycles. The van der Waals surface area contributed by atoms with Gasteiger partial charge in [0, 0.05) is 12.0 Å². The fourth-order valence-corrected chi connectivity index (χ4v) is 2.04. The van der Waals surface area contributed by atoms with Crippen molar-refractivity contribution in [2.45, 2.75) is 39.7 Å². The van der Waals surface area contributed by atoms with Crippen LogP contribution in [0.2, 0.25) is 0 Å². The maximum atomic E-state index is 11.4. The van der Waals surface area contributed by atoms with Crippen LogP contribution in [-0.2, 0) is 4.79 Å². The van der Waals surface area contributed by atoms with E-state index in [1.165, 1.54) is 0 Å². The molecule has 1 aromatic rings. The van der Waals surface area contributed by atoms with Crippen molar-refractivity contribution >= 4 is 12.3 Å². The number of carboxylic acids is 1. The highest BCUT2D eigenvalue weighted by Crippen LogP contribution is 2.31. The monoisotopic (exact) mass is 264 g/mol. The van der Waals surface area contributed by atoms with E-state index >= 15 is 0 Å². The highest BCUT2D eigenvalue weighted by atomic mass is 16.5. The summed E-state index contributed by atoms with van der Waals surface area (Å²) < 4.78 is 5.62. The lowest BCUT2D eigenvalue weighted by molar-refractivity contribution is -0.156. The molecule has 4 heteroatoms. The van der Waals surface area contributed by atoms with Gasteiger partial charge < -0.3 is 9.84 Å². The Morgan fingerprint density at radius 1 is 1.21 bits per heavy atom. The van der Waals surface area contributed by atoms with Gasteiger partial charge in [0.15, 0.2) is 0 Å². The summed E-state index contributed by atoms with van der Waals surface area (Å²) in [6.07, 6.45) is 1.11. The molecule has 0 aromatic heterocycles. The molecule has 0 bridgehead atoms. The summed E-state index contributed by atoms with van der Waals surface area (Å²) in [5.41, 5.74) is -0.934. The van der Waals surface area contributed by atoms with Crippen molar-refractivity contribution in [1.82, 2.24) is 0 Å². The number of rotatable bonds is 5. The van der Waals surface area contributed by atoms with E-state index in [9.17, 15) is 14.7 Å². The molecule has 104 valence electrons. The second-order valence-electron chi connectivity index (χ2n) is 6.06. The van der Waals surface area contributed by atoms with Crippen LogP contribution in [0.1, 0.15) is 44.5 Å². The summed E-state index contributed by atoms with van der Waals surface area (Å²) in [6, 6.07) is 6.41. The lowest BCUT2D eigenvalue weighted by Gasteiger charge is -2.32. The highest BCUT2D eigenvalue weighted by Gasteiger charge is 2.39. The molecule has 0 radical (unpaired) electrons. The van der Waals surface area contributed by atoms with Crippen LogP contribution < -0.4 is 4.74 Å². The van der Waals surface area contributed by atoms with E-state index in [-0.39, 0.29) is 5.41 Å². The van der Waals surface area contributed by atoms with Gasteiger partial charge in [-0.1, -0.05) is 20.8 Å². The first-order valence-corrected chi connectivity index (χ1v) is 6.14. The van der Waals surface area contributed by atoms with Crippen molar-refractivity contribution in [3.63, 3.8) is 0 Å². The molecule has 0 aliphatic rings. The first-order valence-electron chi connectivity index (χ1n) is 6.14. The Labute approximate surface area is 113 Å². The topological polar surface area (TPSA) is 63.6 Å². The second kappa shape index (κ2) is 5.43. The van der Waals surface area contributed by atoms with Gasteiger partial charge >= 0.3 is 5.97 Å². The molecule has 1 atom stereocenters. The molecule has 0 spiro atoms. The van der Waals surface area contributed by atoms with E-state index in [0.29, 0.717) is 17.7 Å². The molecule has 1 aromatic carbocycles. The zero-order valence-electron chi connectivity index (χ0n) is 11.8. The van der Waals surface area contributed by atoms with Crippen molar-refractivity contribution in [2.24, 2.45) is 5.41 Å². The number of carboxylic acid groups (broad SMARTS) is 1. The van der Waals surface area contributed by atoms with Crippen LogP contribution in [0.4, 0.5) is 0 Å². The van der Waals surface area contributed by atoms with Crippen LogP contribution in [0, 0.1) is 5.41 Å². The molecule has 0 saturated heterocycles. The van der Waals surface area contributed by atoms with Gasteiger partial charge in [-0.05, 0) is 36.6 Å². The van der Waals surface area contributed by atoms with Crippen LogP contribution in [0.5, 0.6) is 5.75 Å². The van der Waals surface area contributed by atoms with Crippen LogP contribution in [0.25, 0.3) is 0 Å². The van der Waals surface area contributed by atoms with E-state index < -0.39 is 11.6 Å². The van der Waals surface area contributed by atoms with Gasteiger partial charge in [-0.2, -0.15) is 0 Å². The molecule has 0 amide bonds. The smallest absolute Gasteiger partial charge is 0.347 e. The van der Waals surface area contributed by atoms with Crippen LogP contribution in [-0.4, -0.2) is 23.0 Å². The lowest BCUT2D eigenvalue weighted by Crippen LogP contribution is -2.44. The Hall–Kier alpha value is -1.84. The van der Waals surface area contributed by atoms with Crippen molar-refractivity contribution < 1.29 is 19.4 Å². The summed E-state index contributed by atoms with van der Waals surface area (Å²) in [4.78, 5) is 22.0. The third-order valence-corrected chi connectivity index (χ3v) is 2.68. The molecule has 0 aliphatic heterocycles. The highest BCUT2D eigenvalue weighted by molar-refractivity contribution is 5.78. The summed E-state index contributed by atoms with van der Waals surface area (Å²) in [6.45, 7) is 7.46. The molecule has 4 nitrogen and oxygen atoms in total. The first-order chi connectivity index (χ1) is 8.66. The van der Waals surface area contributed by atoms with E-state index in [1.807, 2.05) is 20.8 Å². The van der Waals surface area contributed by atoms with Crippen molar-refractivity contribution in [3.05, 3.63) is 29.8 Å². The van der Waals surface area contributed by atoms with Crippen molar-refractivity contribution in [3.8, 4) is 5.75 Å². The van der Waals surface area contributed by atoms with Crippen molar-refractivity contribution in [1.29, 1.82) is 0 Å².